The monoisotopic (exact) mass is 252 g/mol. The van der Waals surface area contributed by atoms with Crippen molar-refractivity contribution >= 4 is 11.6 Å². The Morgan fingerprint density at radius 2 is 2.00 bits per heavy atom. The number of hydrogen-bond acceptors (Lipinski definition) is 4. The maximum absolute atomic E-state index is 11.9. The summed E-state index contributed by atoms with van der Waals surface area (Å²) in [5.74, 6) is -0.139. The van der Waals surface area contributed by atoms with Crippen LogP contribution in [0.1, 0.15) is 45.4 Å². The first-order chi connectivity index (χ1) is 8.61. The predicted molar refractivity (Wildman–Crippen MR) is 66.1 cm³/mol. The average molecular weight is 252 g/mol. The van der Waals surface area contributed by atoms with Crippen molar-refractivity contribution in [3.63, 3.8) is 0 Å². The normalized spacial score (nSPS) is 21.9. The van der Waals surface area contributed by atoms with Gasteiger partial charge in [-0.05, 0) is 25.3 Å². The zero-order chi connectivity index (χ0) is 13.0. The first-order valence-corrected chi connectivity index (χ1v) is 6.61. The molecule has 0 aromatic carbocycles. The van der Waals surface area contributed by atoms with Crippen molar-refractivity contribution in [3.8, 4) is 0 Å². The summed E-state index contributed by atoms with van der Waals surface area (Å²) in [6, 6.07) is 0. The summed E-state index contributed by atoms with van der Waals surface area (Å²) in [4.78, 5) is 22.7. The second kappa shape index (κ2) is 5.76. The van der Waals surface area contributed by atoms with Crippen LogP contribution >= 0.6 is 0 Å². The van der Waals surface area contributed by atoms with Crippen LogP contribution in [-0.2, 0) is 19.1 Å². The Balaban J connectivity index is 1.81. The second-order valence-corrected chi connectivity index (χ2v) is 5.02. The van der Waals surface area contributed by atoms with Gasteiger partial charge in [0.1, 0.15) is 5.78 Å². The summed E-state index contributed by atoms with van der Waals surface area (Å²) in [5, 5.41) is 0. The van der Waals surface area contributed by atoms with E-state index in [2.05, 4.69) is 0 Å². The number of rotatable bonds is 5. The Morgan fingerprint density at radius 1 is 1.28 bits per heavy atom. The molecule has 0 saturated carbocycles. The number of hydrogen-bond donors (Lipinski definition) is 0. The predicted octanol–water partition coefficient (Wildman–Crippen LogP) is 2.17. The molecular weight excluding hydrogens is 232 g/mol. The van der Waals surface area contributed by atoms with E-state index < -0.39 is 5.79 Å². The van der Waals surface area contributed by atoms with Gasteiger partial charge in [-0.2, -0.15) is 0 Å². The minimum atomic E-state index is -0.455. The number of carbonyl (C=O) groups excluding carboxylic acids is 2. The Morgan fingerprint density at radius 3 is 2.56 bits per heavy atom. The molecule has 1 heterocycles. The molecule has 4 heteroatoms. The molecule has 0 N–H and O–H groups in total. The highest BCUT2D eigenvalue weighted by molar-refractivity contribution is 5.95. The van der Waals surface area contributed by atoms with Crippen LogP contribution in [0.15, 0.2) is 11.6 Å². The Kier molecular flexibility index (Phi) is 4.30. The Bertz CT molecular complexity index is 364. The molecule has 0 aromatic rings. The summed E-state index contributed by atoms with van der Waals surface area (Å²) in [7, 11) is 0. The molecule has 0 amide bonds. The van der Waals surface area contributed by atoms with E-state index in [1.54, 1.807) is 6.92 Å². The standard InChI is InChI=1S/C14H20O4/c1-11(15)3-2-4-13(16)12-5-7-14(8-6-12)17-9-10-18-14/h5H,2-4,6-10H2,1H3. The fraction of sp³-hybridized carbons (Fsp3) is 0.714. The van der Waals surface area contributed by atoms with Crippen molar-refractivity contribution in [2.45, 2.75) is 51.2 Å². The maximum atomic E-state index is 11.9. The van der Waals surface area contributed by atoms with Gasteiger partial charge in [-0.15, -0.1) is 0 Å². The fourth-order valence-corrected chi connectivity index (χ4v) is 2.48. The van der Waals surface area contributed by atoms with Gasteiger partial charge in [-0.25, -0.2) is 0 Å². The van der Waals surface area contributed by atoms with E-state index in [0.717, 1.165) is 18.4 Å². The average Bonchev–Trinajstić information content (AvgIpc) is 2.78. The van der Waals surface area contributed by atoms with Gasteiger partial charge in [0.25, 0.3) is 0 Å². The lowest BCUT2D eigenvalue weighted by molar-refractivity contribution is -0.161. The Hall–Kier alpha value is -1.00. The lowest BCUT2D eigenvalue weighted by atomic mass is 9.90. The number of Topliss-reactive ketones (excluding diaryl/α,β-unsaturated/α-hetero) is 2. The largest absolute Gasteiger partial charge is 0.347 e. The van der Waals surface area contributed by atoms with E-state index in [-0.39, 0.29) is 11.6 Å². The van der Waals surface area contributed by atoms with Gasteiger partial charge in [-0.1, -0.05) is 6.08 Å². The van der Waals surface area contributed by atoms with Crippen LogP contribution in [0.3, 0.4) is 0 Å². The van der Waals surface area contributed by atoms with Crippen molar-refractivity contribution in [1.29, 1.82) is 0 Å². The SMILES string of the molecule is CC(=O)CCCC(=O)C1=CCC2(CC1)OCCO2. The van der Waals surface area contributed by atoms with Crippen LogP contribution in [0.5, 0.6) is 0 Å². The third kappa shape index (κ3) is 3.27. The topological polar surface area (TPSA) is 52.6 Å². The van der Waals surface area contributed by atoms with E-state index in [4.69, 9.17) is 9.47 Å². The van der Waals surface area contributed by atoms with Gasteiger partial charge >= 0.3 is 0 Å². The van der Waals surface area contributed by atoms with Crippen LogP contribution in [0.25, 0.3) is 0 Å². The quantitative estimate of drug-likeness (QED) is 0.752. The van der Waals surface area contributed by atoms with Crippen LogP contribution in [0.4, 0.5) is 0 Å². The summed E-state index contributed by atoms with van der Waals surface area (Å²) < 4.78 is 11.2. The van der Waals surface area contributed by atoms with Gasteiger partial charge in [0.2, 0.25) is 0 Å². The Labute approximate surface area is 107 Å². The van der Waals surface area contributed by atoms with E-state index in [1.165, 1.54) is 0 Å². The molecule has 1 aliphatic carbocycles. The van der Waals surface area contributed by atoms with Crippen molar-refractivity contribution in [2.75, 3.05) is 13.2 Å². The van der Waals surface area contributed by atoms with E-state index >= 15 is 0 Å². The van der Waals surface area contributed by atoms with Crippen LogP contribution in [0, 0.1) is 0 Å². The van der Waals surface area contributed by atoms with Gasteiger partial charge in [0, 0.05) is 25.7 Å². The van der Waals surface area contributed by atoms with E-state index in [1.807, 2.05) is 6.08 Å². The molecule has 18 heavy (non-hydrogen) atoms. The van der Waals surface area contributed by atoms with Crippen LogP contribution < -0.4 is 0 Å². The smallest absolute Gasteiger partial charge is 0.172 e. The molecule has 0 aromatic heterocycles. The summed E-state index contributed by atoms with van der Waals surface area (Å²) in [5.41, 5.74) is 0.878. The zero-order valence-electron chi connectivity index (χ0n) is 10.9. The lowest BCUT2D eigenvalue weighted by Crippen LogP contribution is -2.32. The molecule has 1 aliphatic heterocycles. The van der Waals surface area contributed by atoms with E-state index in [0.29, 0.717) is 38.9 Å². The summed E-state index contributed by atoms with van der Waals surface area (Å²) in [6.45, 7) is 2.86. The molecule has 0 atom stereocenters. The molecule has 1 saturated heterocycles. The van der Waals surface area contributed by atoms with Gasteiger partial charge in [0.05, 0.1) is 13.2 Å². The first kappa shape index (κ1) is 13.4. The molecule has 4 nitrogen and oxygen atoms in total. The molecule has 0 bridgehead atoms. The lowest BCUT2D eigenvalue weighted by Gasteiger charge is -2.30. The number of ether oxygens (including phenoxy) is 2. The molecule has 0 unspecified atom stereocenters. The van der Waals surface area contributed by atoms with Crippen LogP contribution in [-0.4, -0.2) is 30.6 Å². The molecule has 1 spiro atoms. The number of ketones is 2. The number of carbonyl (C=O) groups is 2. The van der Waals surface area contributed by atoms with Crippen molar-refractivity contribution in [2.24, 2.45) is 0 Å². The highest BCUT2D eigenvalue weighted by Crippen LogP contribution is 2.35. The zero-order valence-corrected chi connectivity index (χ0v) is 10.9. The second-order valence-electron chi connectivity index (χ2n) is 5.02. The molecule has 0 radical (unpaired) electrons. The molecule has 2 aliphatic rings. The summed E-state index contributed by atoms with van der Waals surface area (Å²) >= 11 is 0. The fourth-order valence-electron chi connectivity index (χ4n) is 2.48. The van der Waals surface area contributed by atoms with Crippen LogP contribution in [0.2, 0.25) is 0 Å². The summed E-state index contributed by atoms with van der Waals surface area (Å²) in [6.07, 6.45) is 5.72. The minimum Gasteiger partial charge on any atom is -0.347 e. The van der Waals surface area contributed by atoms with Crippen molar-refractivity contribution in [1.82, 2.24) is 0 Å². The third-order valence-electron chi connectivity index (χ3n) is 3.54. The molecular formula is C14H20O4. The van der Waals surface area contributed by atoms with Crippen molar-refractivity contribution in [3.05, 3.63) is 11.6 Å². The van der Waals surface area contributed by atoms with Crippen molar-refractivity contribution < 1.29 is 19.1 Å². The van der Waals surface area contributed by atoms with Gasteiger partial charge < -0.3 is 14.3 Å². The van der Waals surface area contributed by atoms with Gasteiger partial charge in [-0.3, -0.25) is 4.79 Å². The third-order valence-corrected chi connectivity index (χ3v) is 3.54. The minimum absolute atomic E-state index is 0.145. The molecule has 100 valence electrons. The first-order valence-electron chi connectivity index (χ1n) is 6.61. The number of allylic oxidation sites excluding steroid dienone is 1. The highest BCUT2D eigenvalue weighted by atomic mass is 16.7. The van der Waals surface area contributed by atoms with Gasteiger partial charge in [0.15, 0.2) is 11.6 Å². The highest BCUT2D eigenvalue weighted by Gasteiger charge is 2.38. The molecule has 1 fully saturated rings. The maximum Gasteiger partial charge on any atom is 0.172 e. The molecule has 2 rings (SSSR count). The van der Waals surface area contributed by atoms with E-state index in [9.17, 15) is 9.59 Å².